The van der Waals surface area contributed by atoms with Crippen molar-refractivity contribution in [1.82, 2.24) is 0 Å². The summed E-state index contributed by atoms with van der Waals surface area (Å²) in [7, 11) is 2.01. The van der Waals surface area contributed by atoms with Crippen LogP contribution in [0.1, 0.15) is 32.3 Å². The molecule has 5 nitrogen and oxygen atoms in total. The maximum atomic E-state index is 12.6. The van der Waals surface area contributed by atoms with Crippen LogP contribution in [0.2, 0.25) is 0 Å². The molecular formula is C22H29N2O3+. The summed E-state index contributed by atoms with van der Waals surface area (Å²) in [4.78, 5) is 13.7. The second kappa shape index (κ2) is 8.44. The number of rotatable bonds is 6. The summed E-state index contributed by atoms with van der Waals surface area (Å²) >= 11 is 0. The van der Waals surface area contributed by atoms with E-state index in [0.29, 0.717) is 19.1 Å². The molecule has 2 aromatic carbocycles. The van der Waals surface area contributed by atoms with E-state index in [1.807, 2.05) is 50.4 Å². The molecule has 0 radical (unpaired) electrons. The number of para-hydroxylation sites is 2. The number of ether oxygens (including phenoxy) is 2. The minimum absolute atomic E-state index is 0.00178. The number of carbonyl (C=O) groups excluding carboxylic acids is 1. The molecule has 0 spiro atoms. The lowest BCUT2D eigenvalue weighted by atomic mass is 10.0. The van der Waals surface area contributed by atoms with E-state index in [0.717, 1.165) is 22.1 Å². The predicted octanol–water partition coefficient (Wildman–Crippen LogP) is 2.49. The molecule has 144 valence electrons. The molecule has 2 N–H and O–H groups in total. The van der Waals surface area contributed by atoms with Crippen molar-refractivity contribution in [2.75, 3.05) is 25.5 Å². The number of fused-ring (bicyclic) bond motifs is 1. The summed E-state index contributed by atoms with van der Waals surface area (Å²) in [6, 6.07) is 15.5. The summed E-state index contributed by atoms with van der Waals surface area (Å²) in [5.74, 6) is 2.03. The van der Waals surface area contributed by atoms with E-state index in [-0.39, 0.29) is 18.1 Å². The van der Waals surface area contributed by atoms with Gasteiger partial charge in [0.2, 0.25) is 0 Å². The van der Waals surface area contributed by atoms with Gasteiger partial charge in [-0.05, 0) is 42.7 Å². The minimum atomic E-state index is -0.199. The first-order valence-corrected chi connectivity index (χ1v) is 9.55. The molecule has 27 heavy (non-hydrogen) atoms. The summed E-state index contributed by atoms with van der Waals surface area (Å²) in [5.41, 5.74) is 2.09. The SMILES string of the molecule is CC(C)c1ccc(NC(=O)[C@@H](C)[NH+](C)C[C@@H]2COc3ccccc3O2)cc1. The fourth-order valence-electron chi connectivity index (χ4n) is 3.13. The Kier molecular flexibility index (Phi) is 6.01. The quantitative estimate of drug-likeness (QED) is 0.823. The molecule has 0 saturated heterocycles. The van der Waals surface area contributed by atoms with Gasteiger partial charge in [-0.25, -0.2) is 0 Å². The first-order valence-electron chi connectivity index (χ1n) is 9.55. The number of nitrogens with one attached hydrogen (secondary N) is 2. The van der Waals surface area contributed by atoms with Crippen LogP contribution >= 0.6 is 0 Å². The molecule has 3 atom stereocenters. The van der Waals surface area contributed by atoms with Gasteiger partial charge in [0.05, 0.1) is 7.05 Å². The van der Waals surface area contributed by atoms with Crippen molar-refractivity contribution in [1.29, 1.82) is 0 Å². The average molecular weight is 369 g/mol. The van der Waals surface area contributed by atoms with Crippen LogP contribution in [0.15, 0.2) is 48.5 Å². The number of quaternary nitrogens is 1. The Bertz CT molecular complexity index is 773. The number of anilines is 1. The highest BCUT2D eigenvalue weighted by atomic mass is 16.6. The monoisotopic (exact) mass is 369 g/mol. The van der Waals surface area contributed by atoms with Crippen LogP contribution in [0, 0.1) is 0 Å². The number of carbonyl (C=O) groups is 1. The van der Waals surface area contributed by atoms with E-state index < -0.39 is 0 Å². The Hall–Kier alpha value is -2.53. The molecule has 1 aliphatic rings. The molecule has 0 fully saturated rings. The van der Waals surface area contributed by atoms with E-state index in [1.54, 1.807) is 0 Å². The lowest BCUT2D eigenvalue weighted by Gasteiger charge is -2.29. The van der Waals surface area contributed by atoms with E-state index in [1.165, 1.54) is 5.56 Å². The average Bonchev–Trinajstić information content (AvgIpc) is 2.67. The zero-order chi connectivity index (χ0) is 19.4. The summed E-state index contributed by atoms with van der Waals surface area (Å²) in [6.45, 7) is 7.44. The van der Waals surface area contributed by atoms with Crippen molar-refractivity contribution in [2.45, 2.75) is 38.8 Å². The molecule has 1 amide bonds. The van der Waals surface area contributed by atoms with Gasteiger partial charge >= 0.3 is 0 Å². The third-order valence-electron chi connectivity index (χ3n) is 5.09. The molecular weight excluding hydrogens is 340 g/mol. The van der Waals surface area contributed by atoms with Crippen molar-refractivity contribution in [3.63, 3.8) is 0 Å². The van der Waals surface area contributed by atoms with Crippen LogP contribution < -0.4 is 19.7 Å². The third-order valence-corrected chi connectivity index (χ3v) is 5.09. The Morgan fingerprint density at radius 1 is 1.11 bits per heavy atom. The van der Waals surface area contributed by atoms with Gasteiger partial charge in [-0.2, -0.15) is 0 Å². The highest BCUT2D eigenvalue weighted by Gasteiger charge is 2.28. The molecule has 0 aromatic heterocycles. The molecule has 1 aliphatic heterocycles. The van der Waals surface area contributed by atoms with Gasteiger partial charge in [-0.15, -0.1) is 0 Å². The zero-order valence-electron chi connectivity index (χ0n) is 16.5. The fourth-order valence-corrected chi connectivity index (χ4v) is 3.13. The van der Waals surface area contributed by atoms with Crippen molar-refractivity contribution in [2.24, 2.45) is 0 Å². The van der Waals surface area contributed by atoms with Gasteiger partial charge in [0.25, 0.3) is 5.91 Å². The van der Waals surface area contributed by atoms with E-state index in [2.05, 4.69) is 31.3 Å². The maximum Gasteiger partial charge on any atom is 0.282 e. The predicted molar refractivity (Wildman–Crippen MR) is 107 cm³/mol. The van der Waals surface area contributed by atoms with Gasteiger partial charge in [0, 0.05) is 5.69 Å². The molecule has 5 heteroatoms. The van der Waals surface area contributed by atoms with Crippen molar-refractivity contribution >= 4 is 11.6 Å². The van der Waals surface area contributed by atoms with Crippen LogP contribution in [0.25, 0.3) is 0 Å². The normalized spacial score (nSPS) is 18.0. The first kappa shape index (κ1) is 19.2. The Labute approximate surface area is 161 Å². The number of benzene rings is 2. The van der Waals surface area contributed by atoms with Crippen molar-refractivity contribution in [3.8, 4) is 11.5 Å². The Morgan fingerprint density at radius 2 is 1.78 bits per heavy atom. The number of amides is 1. The molecule has 1 heterocycles. The summed E-state index contributed by atoms with van der Waals surface area (Å²) in [5, 5.41) is 3.01. The van der Waals surface area contributed by atoms with Crippen LogP contribution in [0.4, 0.5) is 5.69 Å². The van der Waals surface area contributed by atoms with Crippen molar-refractivity contribution in [3.05, 3.63) is 54.1 Å². The molecule has 2 aromatic rings. The zero-order valence-corrected chi connectivity index (χ0v) is 16.5. The number of likely N-dealkylation sites (N-methyl/N-ethyl adjacent to an activating group) is 1. The van der Waals surface area contributed by atoms with Crippen LogP contribution in [0.3, 0.4) is 0 Å². The van der Waals surface area contributed by atoms with Crippen LogP contribution in [0.5, 0.6) is 11.5 Å². The Morgan fingerprint density at radius 3 is 2.44 bits per heavy atom. The van der Waals surface area contributed by atoms with Crippen LogP contribution in [-0.2, 0) is 4.79 Å². The molecule has 0 saturated carbocycles. The summed E-state index contributed by atoms with van der Waals surface area (Å²) in [6.07, 6.45) is -0.0690. The number of hydrogen-bond donors (Lipinski definition) is 2. The highest BCUT2D eigenvalue weighted by Crippen LogP contribution is 2.30. The minimum Gasteiger partial charge on any atom is -0.486 e. The van der Waals surface area contributed by atoms with Gasteiger partial charge in [-0.3, -0.25) is 4.79 Å². The lowest BCUT2D eigenvalue weighted by Crippen LogP contribution is -3.15. The van der Waals surface area contributed by atoms with Gasteiger partial charge in [0.15, 0.2) is 23.6 Å². The van der Waals surface area contributed by atoms with E-state index in [9.17, 15) is 4.79 Å². The fraction of sp³-hybridized carbons (Fsp3) is 0.409. The smallest absolute Gasteiger partial charge is 0.282 e. The standard InChI is InChI=1S/C22H28N2O3/c1-15(2)17-9-11-18(12-10-17)23-22(25)16(3)24(4)13-19-14-26-20-7-5-6-8-21(20)27-19/h5-12,15-16,19H,13-14H2,1-4H3,(H,23,25)/p+1/t16-,19-/m1/s1. The third kappa shape index (κ3) is 4.80. The molecule has 0 bridgehead atoms. The molecule has 1 unspecified atom stereocenters. The topological polar surface area (TPSA) is 52.0 Å². The Balaban J connectivity index is 1.53. The first-order chi connectivity index (χ1) is 12.9. The largest absolute Gasteiger partial charge is 0.486 e. The highest BCUT2D eigenvalue weighted by molar-refractivity contribution is 5.93. The van der Waals surface area contributed by atoms with E-state index >= 15 is 0 Å². The van der Waals surface area contributed by atoms with E-state index in [4.69, 9.17) is 9.47 Å². The molecule has 3 rings (SSSR count). The van der Waals surface area contributed by atoms with Crippen LogP contribution in [-0.4, -0.2) is 38.3 Å². The molecule has 0 aliphatic carbocycles. The second-order valence-electron chi connectivity index (χ2n) is 7.54. The number of hydrogen-bond acceptors (Lipinski definition) is 3. The lowest BCUT2D eigenvalue weighted by molar-refractivity contribution is -0.896. The second-order valence-corrected chi connectivity index (χ2v) is 7.54. The van der Waals surface area contributed by atoms with Gasteiger partial charge in [-0.1, -0.05) is 38.1 Å². The van der Waals surface area contributed by atoms with Crippen molar-refractivity contribution < 1.29 is 19.2 Å². The van der Waals surface area contributed by atoms with Gasteiger partial charge < -0.3 is 19.7 Å². The van der Waals surface area contributed by atoms with Gasteiger partial charge in [0.1, 0.15) is 13.2 Å². The summed E-state index contributed by atoms with van der Waals surface area (Å²) < 4.78 is 11.8. The maximum absolute atomic E-state index is 12.6.